The van der Waals surface area contributed by atoms with Crippen LogP contribution in [0.5, 0.6) is 0 Å². The summed E-state index contributed by atoms with van der Waals surface area (Å²) in [6.07, 6.45) is 1.78. The van der Waals surface area contributed by atoms with Crippen molar-refractivity contribution in [2.24, 2.45) is 0 Å². The molecule has 0 aliphatic rings. The highest BCUT2D eigenvalue weighted by atomic mass is 15.1. The van der Waals surface area contributed by atoms with Crippen molar-refractivity contribution < 1.29 is 0 Å². The summed E-state index contributed by atoms with van der Waals surface area (Å²) in [6, 6.07) is 18.6. The van der Waals surface area contributed by atoms with Gasteiger partial charge in [-0.05, 0) is 18.6 Å². The first-order chi connectivity index (χ1) is 9.34. The second kappa shape index (κ2) is 5.06. The third-order valence-corrected chi connectivity index (χ3v) is 3.22. The third-order valence-electron chi connectivity index (χ3n) is 3.22. The maximum absolute atomic E-state index is 4.13. The predicted molar refractivity (Wildman–Crippen MR) is 78.0 cm³/mol. The van der Waals surface area contributed by atoms with Crippen LogP contribution in [0.25, 0.3) is 10.9 Å². The highest BCUT2D eigenvalue weighted by molar-refractivity contribution is 5.90. The quantitative estimate of drug-likeness (QED) is 0.767. The van der Waals surface area contributed by atoms with E-state index in [0.717, 1.165) is 16.6 Å². The van der Waals surface area contributed by atoms with E-state index < -0.39 is 0 Å². The molecule has 3 aromatic rings. The van der Waals surface area contributed by atoms with Crippen LogP contribution < -0.4 is 5.32 Å². The van der Waals surface area contributed by atoms with E-state index in [1.807, 2.05) is 24.3 Å². The van der Waals surface area contributed by atoms with Gasteiger partial charge in [0.05, 0.1) is 17.4 Å². The fraction of sp³-hybridized carbons (Fsp3) is 0.125. The van der Waals surface area contributed by atoms with E-state index in [-0.39, 0.29) is 6.04 Å². The number of aromatic nitrogens is 2. The molecule has 3 rings (SSSR count). The molecule has 3 heteroatoms. The average molecular weight is 249 g/mol. The van der Waals surface area contributed by atoms with Crippen LogP contribution in [0.2, 0.25) is 0 Å². The molecule has 1 N–H and O–H groups in total. The zero-order valence-electron chi connectivity index (χ0n) is 10.7. The number of rotatable bonds is 3. The molecular formula is C16H15N3. The number of fused-ring (bicyclic) bond motifs is 1. The normalized spacial score (nSPS) is 12.3. The third kappa shape index (κ3) is 2.40. The first-order valence-electron chi connectivity index (χ1n) is 6.36. The minimum Gasteiger partial charge on any atom is -0.377 e. The van der Waals surface area contributed by atoms with Crippen molar-refractivity contribution in [3.05, 3.63) is 66.4 Å². The lowest BCUT2D eigenvalue weighted by molar-refractivity contribution is 0.882. The van der Waals surface area contributed by atoms with Crippen molar-refractivity contribution >= 4 is 16.6 Å². The number of nitrogens with zero attached hydrogens (tertiary/aromatic N) is 2. The van der Waals surface area contributed by atoms with Gasteiger partial charge in [0.1, 0.15) is 0 Å². The standard InChI is InChI=1S/C16H15N3/c1-12(13-7-3-2-4-8-13)18-16-11-17-19-15-10-6-5-9-14(15)16/h2-12H,1H3,(H,18,19). The van der Waals surface area contributed by atoms with E-state index in [2.05, 4.69) is 52.8 Å². The molecule has 2 aromatic carbocycles. The summed E-state index contributed by atoms with van der Waals surface area (Å²) in [5.74, 6) is 0. The minimum atomic E-state index is 0.230. The molecule has 19 heavy (non-hydrogen) atoms. The van der Waals surface area contributed by atoms with Crippen LogP contribution in [0.4, 0.5) is 5.69 Å². The minimum absolute atomic E-state index is 0.230. The summed E-state index contributed by atoms with van der Waals surface area (Å²) in [7, 11) is 0. The summed E-state index contributed by atoms with van der Waals surface area (Å²) in [5.41, 5.74) is 3.18. The van der Waals surface area contributed by atoms with Gasteiger partial charge in [0.25, 0.3) is 0 Å². The molecule has 1 aromatic heterocycles. The Balaban J connectivity index is 1.94. The van der Waals surface area contributed by atoms with Gasteiger partial charge in [-0.3, -0.25) is 0 Å². The van der Waals surface area contributed by atoms with Crippen LogP contribution in [0.3, 0.4) is 0 Å². The lowest BCUT2D eigenvalue weighted by Gasteiger charge is -2.16. The molecule has 0 saturated heterocycles. The fourth-order valence-electron chi connectivity index (χ4n) is 2.18. The average Bonchev–Trinajstić information content (AvgIpc) is 2.48. The number of benzene rings is 2. The first kappa shape index (κ1) is 11.7. The Labute approximate surface area is 112 Å². The Hall–Kier alpha value is -2.42. The Kier molecular flexibility index (Phi) is 3.11. The maximum Gasteiger partial charge on any atom is 0.0950 e. The van der Waals surface area contributed by atoms with E-state index >= 15 is 0 Å². The van der Waals surface area contributed by atoms with Crippen LogP contribution in [0.15, 0.2) is 60.8 Å². The van der Waals surface area contributed by atoms with Crippen molar-refractivity contribution in [3.8, 4) is 0 Å². The Morgan fingerprint density at radius 3 is 2.53 bits per heavy atom. The van der Waals surface area contributed by atoms with Gasteiger partial charge < -0.3 is 5.32 Å². The summed E-state index contributed by atoms with van der Waals surface area (Å²) in [4.78, 5) is 0. The van der Waals surface area contributed by atoms with Crippen molar-refractivity contribution in [1.29, 1.82) is 0 Å². The SMILES string of the molecule is CC(Nc1cnnc2ccccc12)c1ccccc1. The highest BCUT2D eigenvalue weighted by Gasteiger charge is 2.07. The molecule has 0 spiro atoms. The molecule has 94 valence electrons. The number of anilines is 1. The highest BCUT2D eigenvalue weighted by Crippen LogP contribution is 2.24. The largest absolute Gasteiger partial charge is 0.377 e. The van der Waals surface area contributed by atoms with Gasteiger partial charge >= 0.3 is 0 Å². The van der Waals surface area contributed by atoms with Crippen molar-refractivity contribution in [2.75, 3.05) is 5.32 Å². The molecule has 0 bridgehead atoms. The second-order valence-electron chi connectivity index (χ2n) is 4.55. The summed E-state index contributed by atoms with van der Waals surface area (Å²) in [6.45, 7) is 2.14. The van der Waals surface area contributed by atoms with Gasteiger partial charge in [-0.1, -0.05) is 48.5 Å². The zero-order chi connectivity index (χ0) is 13.1. The Bertz CT molecular complexity index is 674. The van der Waals surface area contributed by atoms with Crippen molar-refractivity contribution in [3.63, 3.8) is 0 Å². The molecule has 1 unspecified atom stereocenters. The molecule has 0 amide bonds. The maximum atomic E-state index is 4.13. The van der Waals surface area contributed by atoms with Crippen LogP contribution in [0.1, 0.15) is 18.5 Å². The Morgan fingerprint density at radius 1 is 0.947 bits per heavy atom. The van der Waals surface area contributed by atoms with Gasteiger partial charge in [0.15, 0.2) is 0 Å². The molecule has 0 aliphatic carbocycles. The molecule has 1 atom stereocenters. The van der Waals surface area contributed by atoms with E-state index in [9.17, 15) is 0 Å². The molecule has 0 radical (unpaired) electrons. The summed E-state index contributed by atoms with van der Waals surface area (Å²) >= 11 is 0. The monoisotopic (exact) mass is 249 g/mol. The van der Waals surface area contributed by atoms with E-state index in [4.69, 9.17) is 0 Å². The first-order valence-corrected chi connectivity index (χ1v) is 6.36. The molecular weight excluding hydrogens is 234 g/mol. The number of hydrogen-bond donors (Lipinski definition) is 1. The molecule has 3 nitrogen and oxygen atoms in total. The van der Waals surface area contributed by atoms with Crippen LogP contribution in [0, 0.1) is 0 Å². The second-order valence-corrected chi connectivity index (χ2v) is 4.55. The van der Waals surface area contributed by atoms with Crippen LogP contribution in [-0.2, 0) is 0 Å². The summed E-state index contributed by atoms with van der Waals surface area (Å²) in [5, 5.41) is 12.8. The predicted octanol–water partition coefficient (Wildman–Crippen LogP) is 3.80. The molecule has 0 aliphatic heterocycles. The van der Waals surface area contributed by atoms with Gasteiger partial charge in [-0.25, -0.2) is 0 Å². The molecule has 1 heterocycles. The van der Waals surface area contributed by atoms with Gasteiger partial charge in [0.2, 0.25) is 0 Å². The molecule has 0 fully saturated rings. The zero-order valence-corrected chi connectivity index (χ0v) is 10.7. The van der Waals surface area contributed by atoms with Crippen molar-refractivity contribution in [2.45, 2.75) is 13.0 Å². The Morgan fingerprint density at radius 2 is 1.68 bits per heavy atom. The van der Waals surface area contributed by atoms with E-state index in [0.29, 0.717) is 0 Å². The summed E-state index contributed by atoms with van der Waals surface area (Å²) < 4.78 is 0. The number of hydrogen-bond acceptors (Lipinski definition) is 3. The van der Waals surface area contributed by atoms with Gasteiger partial charge in [-0.2, -0.15) is 10.2 Å². The van der Waals surface area contributed by atoms with Gasteiger partial charge in [0, 0.05) is 11.4 Å². The van der Waals surface area contributed by atoms with Crippen molar-refractivity contribution in [1.82, 2.24) is 10.2 Å². The lowest BCUT2D eigenvalue weighted by Crippen LogP contribution is -2.07. The topological polar surface area (TPSA) is 37.8 Å². The fourth-order valence-corrected chi connectivity index (χ4v) is 2.18. The van der Waals surface area contributed by atoms with Gasteiger partial charge in [-0.15, -0.1) is 0 Å². The van der Waals surface area contributed by atoms with E-state index in [1.165, 1.54) is 5.56 Å². The molecule has 0 saturated carbocycles. The van der Waals surface area contributed by atoms with Crippen LogP contribution >= 0.6 is 0 Å². The van der Waals surface area contributed by atoms with Crippen LogP contribution in [-0.4, -0.2) is 10.2 Å². The number of nitrogens with one attached hydrogen (secondary N) is 1. The van der Waals surface area contributed by atoms with E-state index in [1.54, 1.807) is 6.20 Å². The smallest absolute Gasteiger partial charge is 0.0950 e. The lowest BCUT2D eigenvalue weighted by atomic mass is 10.1.